The predicted molar refractivity (Wildman–Crippen MR) is 52.2 cm³/mol. The molecule has 0 aromatic carbocycles. The molecule has 0 aliphatic rings. The van der Waals surface area contributed by atoms with Gasteiger partial charge in [-0.15, -0.1) is 11.6 Å². The minimum absolute atomic E-state index is 0.0119. The summed E-state index contributed by atoms with van der Waals surface area (Å²) in [5.41, 5.74) is 0. The highest BCUT2D eigenvalue weighted by Gasteiger charge is 2.19. The maximum atomic E-state index is 8.81. The molecule has 0 fully saturated rings. The Morgan fingerprint density at radius 2 is 2.27 bits per heavy atom. The summed E-state index contributed by atoms with van der Waals surface area (Å²) in [5, 5.41) is 12.0. The van der Waals surface area contributed by atoms with Crippen LogP contribution in [0.2, 0.25) is 6.32 Å². The Hall–Kier alpha value is 0.275. The molecule has 0 aromatic heterocycles. The summed E-state index contributed by atoms with van der Waals surface area (Å²) in [4.78, 5) is -0.510. The smallest absolute Gasteiger partial charge is 0.103 e. The van der Waals surface area contributed by atoms with Crippen LogP contribution in [0.3, 0.4) is 0 Å². The second-order valence-corrected chi connectivity index (χ2v) is 4.17. The molecule has 0 saturated carbocycles. The van der Waals surface area contributed by atoms with Crippen LogP contribution in [0.4, 0.5) is 0 Å². The zero-order valence-electron chi connectivity index (χ0n) is 7.52. The fourth-order valence-electron chi connectivity index (χ4n) is 0.587. The van der Waals surface area contributed by atoms with E-state index in [-0.39, 0.29) is 6.61 Å². The van der Waals surface area contributed by atoms with Crippen LogP contribution < -0.4 is 5.32 Å². The van der Waals surface area contributed by atoms with Gasteiger partial charge in [-0.3, -0.25) is 0 Å². The maximum Gasteiger partial charge on any atom is 0.103 e. The van der Waals surface area contributed by atoms with Gasteiger partial charge >= 0.3 is 0 Å². The van der Waals surface area contributed by atoms with Crippen LogP contribution >= 0.6 is 11.6 Å². The number of rotatable bonds is 5. The van der Waals surface area contributed by atoms with E-state index >= 15 is 0 Å². The van der Waals surface area contributed by atoms with Gasteiger partial charge in [-0.25, -0.2) is 0 Å². The molecule has 0 spiro atoms. The van der Waals surface area contributed by atoms with Crippen molar-refractivity contribution in [3.8, 4) is 0 Å². The van der Waals surface area contributed by atoms with E-state index in [1.807, 2.05) is 6.92 Å². The third-order valence-corrected chi connectivity index (χ3v) is 2.01. The van der Waals surface area contributed by atoms with Crippen LogP contribution in [0.15, 0.2) is 0 Å². The number of nitrogens with one attached hydrogen (secondary N) is 1. The SMILES string of the molecule is BCC(C)NCC(C)(Cl)CO. The molecule has 0 aromatic rings. The van der Waals surface area contributed by atoms with Crippen molar-refractivity contribution in [3.05, 3.63) is 0 Å². The number of hydrogen-bond acceptors (Lipinski definition) is 2. The first kappa shape index (κ1) is 11.3. The molecule has 0 radical (unpaired) electrons. The quantitative estimate of drug-likeness (QED) is 0.458. The van der Waals surface area contributed by atoms with Crippen molar-refractivity contribution in [2.45, 2.75) is 31.1 Å². The summed E-state index contributed by atoms with van der Waals surface area (Å²) >= 11 is 5.91. The van der Waals surface area contributed by atoms with E-state index in [1.54, 1.807) is 0 Å². The lowest BCUT2D eigenvalue weighted by Gasteiger charge is -2.22. The second-order valence-electron chi connectivity index (χ2n) is 3.26. The highest BCUT2D eigenvalue weighted by Crippen LogP contribution is 2.11. The van der Waals surface area contributed by atoms with Crippen molar-refractivity contribution in [3.63, 3.8) is 0 Å². The molecule has 2 nitrogen and oxygen atoms in total. The van der Waals surface area contributed by atoms with Gasteiger partial charge in [0.05, 0.1) is 11.5 Å². The van der Waals surface area contributed by atoms with E-state index < -0.39 is 4.87 Å². The van der Waals surface area contributed by atoms with Gasteiger partial charge in [-0.05, 0) is 13.0 Å². The van der Waals surface area contributed by atoms with Crippen LogP contribution in [0.25, 0.3) is 0 Å². The largest absolute Gasteiger partial charge is 0.395 e. The van der Waals surface area contributed by atoms with E-state index in [0.717, 1.165) is 6.32 Å². The Balaban J connectivity index is 3.52. The first-order valence-corrected chi connectivity index (χ1v) is 4.43. The molecule has 0 rings (SSSR count). The van der Waals surface area contributed by atoms with Gasteiger partial charge in [0.1, 0.15) is 7.85 Å². The molecule has 0 aliphatic heterocycles. The predicted octanol–water partition coefficient (Wildman–Crippen LogP) is 0.00570. The molecule has 2 unspecified atom stereocenters. The molecule has 0 amide bonds. The normalized spacial score (nSPS) is 19.3. The van der Waals surface area contributed by atoms with Gasteiger partial charge in [0, 0.05) is 6.54 Å². The van der Waals surface area contributed by atoms with E-state index in [9.17, 15) is 0 Å². The lowest BCUT2D eigenvalue weighted by atomic mass is 9.98. The van der Waals surface area contributed by atoms with Gasteiger partial charge in [-0.2, -0.15) is 0 Å². The van der Waals surface area contributed by atoms with Crippen molar-refractivity contribution < 1.29 is 5.11 Å². The summed E-state index contributed by atoms with van der Waals surface area (Å²) in [7, 11) is 2.11. The van der Waals surface area contributed by atoms with Crippen LogP contribution in [-0.4, -0.2) is 37.0 Å². The average molecular weight is 177 g/mol. The number of hydrogen-bond donors (Lipinski definition) is 2. The van der Waals surface area contributed by atoms with E-state index in [4.69, 9.17) is 16.7 Å². The third kappa shape index (κ3) is 5.53. The van der Waals surface area contributed by atoms with Crippen molar-refractivity contribution in [1.29, 1.82) is 0 Å². The van der Waals surface area contributed by atoms with Gasteiger partial charge in [0.15, 0.2) is 0 Å². The summed E-state index contributed by atoms with van der Waals surface area (Å²) in [5.74, 6) is 0. The topological polar surface area (TPSA) is 32.3 Å². The molecule has 2 atom stereocenters. The minimum Gasteiger partial charge on any atom is -0.395 e. The Labute approximate surface area is 74.7 Å². The van der Waals surface area contributed by atoms with Gasteiger partial charge in [0.25, 0.3) is 0 Å². The zero-order valence-corrected chi connectivity index (χ0v) is 8.28. The number of aliphatic hydroxyl groups excluding tert-OH is 1. The molecular weight excluding hydrogens is 160 g/mol. The lowest BCUT2D eigenvalue weighted by molar-refractivity contribution is 0.247. The summed E-state index contributed by atoms with van der Waals surface area (Å²) in [6, 6.07) is 0.472. The molecule has 0 saturated heterocycles. The van der Waals surface area contributed by atoms with Crippen molar-refractivity contribution in [2.75, 3.05) is 13.2 Å². The second kappa shape index (κ2) is 5.02. The third-order valence-electron chi connectivity index (χ3n) is 1.76. The fourth-order valence-corrected chi connectivity index (χ4v) is 0.664. The molecule has 0 heterocycles. The van der Waals surface area contributed by atoms with Crippen molar-refractivity contribution in [2.24, 2.45) is 0 Å². The Morgan fingerprint density at radius 1 is 1.73 bits per heavy atom. The van der Waals surface area contributed by atoms with Crippen molar-refractivity contribution >= 4 is 19.4 Å². The molecule has 66 valence electrons. The van der Waals surface area contributed by atoms with E-state index in [0.29, 0.717) is 12.6 Å². The standard InChI is InChI=1S/C7H17BClNO/c1-6(3-8)10-4-7(2,9)5-11/h6,10-11H,3-5,8H2,1-2H3. The van der Waals surface area contributed by atoms with Gasteiger partial charge < -0.3 is 10.4 Å². The van der Waals surface area contributed by atoms with Crippen LogP contribution in [0, 0.1) is 0 Å². The fraction of sp³-hybridized carbons (Fsp3) is 1.00. The molecule has 0 aliphatic carbocycles. The van der Waals surface area contributed by atoms with Gasteiger partial charge in [-0.1, -0.05) is 13.2 Å². The van der Waals surface area contributed by atoms with E-state index in [1.165, 1.54) is 0 Å². The highest BCUT2D eigenvalue weighted by molar-refractivity contribution is 6.24. The van der Waals surface area contributed by atoms with Crippen LogP contribution in [-0.2, 0) is 0 Å². The van der Waals surface area contributed by atoms with Gasteiger partial charge in [0.2, 0.25) is 0 Å². The Morgan fingerprint density at radius 3 is 2.64 bits per heavy atom. The maximum absolute atomic E-state index is 8.81. The lowest BCUT2D eigenvalue weighted by Crippen LogP contribution is -2.40. The molecule has 0 bridgehead atoms. The Kier molecular flexibility index (Phi) is 5.14. The van der Waals surface area contributed by atoms with Crippen LogP contribution in [0.1, 0.15) is 13.8 Å². The molecule has 4 heteroatoms. The first-order chi connectivity index (χ1) is 5.02. The number of aliphatic hydroxyl groups is 1. The van der Waals surface area contributed by atoms with E-state index in [2.05, 4.69) is 20.1 Å². The monoisotopic (exact) mass is 177 g/mol. The number of alkyl halides is 1. The average Bonchev–Trinajstić information content (AvgIpc) is 2.00. The van der Waals surface area contributed by atoms with Crippen LogP contribution in [0.5, 0.6) is 0 Å². The highest BCUT2D eigenvalue weighted by atomic mass is 35.5. The Bertz CT molecular complexity index is 111. The molecule has 2 N–H and O–H groups in total. The zero-order chi connectivity index (χ0) is 8.91. The first-order valence-electron chi connectivity index (χ1n) is 4.05. The number of halogens is 1. The molecular formula is C7H17BClNO. The summed E-state index contributed by atoms with van der Waals surface area (Å²) in [6.07, 6.45) is 1.08. The van der Waals surface area contributed by atoms with Crippen molar-refractivity contribution in [1.82, 2.24) is 5.32 Å². The summed E-state index contributed by atoms with van der Waals surface area (Å²) < 4.78 is 0. The minimum atomic E-state index is -0.510. The molecule has 11 heavy (non-hydrogen) atoms. The summed E-state index contributed by atoms with van der Waals surface area (Å²) in [6.45, 7) is 4.59.